The summed E-state index contributed by atoms with van der Waals surface area (Å²) < 4.78 is 6.04. The SMILES string of the molecule is COc1ccc(Cl)cc1NC(=O)/C(C#N)=C\Nc1cccc(Br)c1. The number of nitrogens with one attached hydrogen (secondary N) is 2. The van der Waals surface area contributed by atoms with E-state index in [9.17, 15) is 10.1 Å². The molecule has 0 bridgehead atoms. The Hall–Kier alpha value is -2.49. The lowest BCUT2D eigenvalue weighted by Crippen LogP contribution is -2.15. The molecule has 0 saturated heterocycles. The first-order valence-electron chi connectivity index (χ1n) is 6.80. The van der Waals surface area contributed by atoms with Gasteiger partial charge in [0.05, 0.1) is 12.8 Å². The summed E-state index contributed by atoms with van der Waals surface area (Å²) in [6, 6.07) is 14.0. The summed E-state index contributed by atoms with van der Waals surface area (Å²) in [5, 5.41) is 15.2. The number of carbonyl (C=O) groups is 1. The number of methoxy groups -OCH3 is 1. The van der Waals surface area contributed by atoms with Gasteiger partial charge in [0.1, 0.15) is 17.4 Å². The summed E-state index contributed by atoms with van der Waals surface area (Å²) in [7, 11) is 1.48. The molecule has 0 unspecified atom stereocenters. The number of carbonyl (C=O) groups excluding carboxylic acids is 1. The van der Waals surface area contributed by atoms with E-state index in [1.807, 2.05) is 30.3 Å². The van der Waals surface area contributed by atoms with Crippen LogP contribution >= 0.6 is 27.5 Å². The van der Waals surface area contributed by atoms with Crippen LogP contribution in [0.15, 0.2) is 58.7 Å². The van der Waals surface area contributed by atoms with Gasteiger partial charge in [-0.25, -0.2) is 0 Å². The first-order valence-corrected chi connectivity index (χ1v) is 7.98. The van der Waals surface area contributed by atoms with Crippen molar-refractivity contribution in [2.24, 2.45) is 0 Å². The van der Waals surface area contributed by atoms with Gasteiger partial charge in [0.15, 0.2) is 0 Å². The molecule has 0 aliphatic carbocycles. The number of anilines is 2. The van der Waals surface area contributed by atoms with Crippen LogP contribution in [0.5, 0.6) is 5.75 Å². The van der Waals surface area contributed by atoms with Crippen LogP contribution in [0.2, 0.25) is 5.02 Å². The molecule has 2 rings (SSSR count). The highest BCUT2D eigenvalue weighted by molar-refractivity contribution is 9.10. The fourth-order valence-electron chi connectivity index (χ4n) is 1.85. The summed E-state index contributed by atoms with van der Waals surface area (Å²) in [4.78, 5) is 12.3. The van der Waals surface area contributed by atoms with Crippen LogP contribution in [0.25, 0.3) is 0 Å². The molecular formula is C17H13BrClN3O2. The number of hydrogen-bond donors (Lipinski definition) is 2. The van der Waals surface area contributed by atoms with Crippen LogP contribution in [-0.2, 0) is 4.79 Å². The molecule has 0 fully saturated rings. The normalized spacial score (nSPS) is 10.7. The standard InChI is InChI=1S/C17H13BrClN3O2/c1-24-16-6-5-13(19)8-15(16)22-17(23)11(9-20)10-21-14-4-2-3-12(18)7-14/h2-8,10,21H,1H3,(H,22,23)/b11-10-. The van der Waals surface area contributed by atoms with E-state index in [1.54, 1.807) is 18.2 Å². The van der Waals surface area contributed by atoms with Crippen LogP contribution in [0.1, 0.15) is 0 Å². The van der Waals surface area contributed by atoms with Crippen molar-refractivity contribution in [1.82, 2.24) is 0 Å². The Morgan fingerprint density at radius 2 is 2.12 bits per heavy atom. The minimum atomic E-state index is -0.569. The molecule has 1 amide bonds. The van der Waals surface area contributed by atoms with Gasteiger partial charge in [-0.1, -0.05) is 33.6 Å². The molecular weight excluding hydrogens is 394 g/mol. The van der Waals surface area contributed by atoms with Crippen LogP contribution in [0, 0.1) is 11.3 Å². The van der Waals surface area contributed by atoms with Crippen molar-refractivity contribution in [3.63, 3.8) is 0 Å². The third-order valence-electron chi connectivity index (χ3n) is 2.98. The molecule has 122 valence electrons. The van der Waals surface area contributed by atoms with Crippen molar-refractivity contribution in [1.29, 1.82) is 5.26 Å². The Labute approximate surface area is 153 Å². The van der Waals surface area contributed by atoms with E-state index in [1.165, 1.54) is 13.3 Å². The zero-order chi connectivity index (χ0) is 17.5. The molecule has 0 aliphatic heterocycles. The fourth-order valence-corrected chi connectivity index (χ4v) is 2.42. The molecule has 0 spiro atoms. The van der Waals surface area contributed by atoms with Crippen molar-refractivity contribution < 1.29 is 9.53 Å². The van der Waals surface area contributed by atoms with Crippen molar-refractivity contribution in [3.05, 3.63) is 63.7 Å². The number of hydrogen-bond acceptors (Lipinski definition) is 4. The number of ether oxygens (including phenoxy) is 1. The van der Waals surface area contributed by atoms with Crippen LogP contribution in [-0.4, -0.2) is 13.0 Å². The second-order valence-corrected chi connectivity index (χ2v) is 5.98. The highest BCUT2D eigenvalue weighted by Gasteiger charge is 2.12. The third-order valence-corrected chi connectivity index (χ3v) is 3.71. The van der Waals surface area contributed by atoms with Gasteiger partial charge >= 0.3 is 0 Å². The van der Waals surface area contributed by atoms with E-state index in [4.69, 9.17) is 16.3 Å². The molecule has 0 aromatic heterocycles. The summed E-state index contributed by atoms with van der Waals surface area (Å²) in [6.45, 7) is 0. The molecule has 2 N–H and O–H groups in total. The zero-order valence-corrected chi connectivity index (χ0v) is 15.0. The molecule has 0 radical (unpaired) electrons. The van der Waals surface area contributed by atoms with E-state index < -0.39 is 5.91 Å². The van der Waals surface area contributed by atoms with Gasteiger partial charge in [-0.15, -0.1) is 0 Å². The minimum absolute atomic E-state index is 0.0861. The maximum absolute atomic E-state index is 12.3. The topological polar surface area (TPSA) is 74.1 Å². The quantitative estimate of drug-likeness (QED) is 0.563. The Morgan fingerprint density at radius 3 is 2.79 bits per heavy atom. The lowest BCUT2D eigenvalue weighted by atomic mass is 10.2. The Morgan fingerprint density at radius 1 is 1.33 bits per heavy atom. The zero-order valence-electron chi connectivity index (χ0n) is 12.6. The monoisotopic (exact) mass is 405 g/mol. The van der Waals surface area contributed by atoms with Crippen molar-refractivity contribution in [2.75, 3.05) is 17.7 Å². The first-order chi connectivity index (χ1) is 11.5. The molecule has 24 heavy (non-hydrogen) atoms. The molecule has 0 atom stereocenters. The van der Waals surface area contributed by atoms with Gasteiger partial charge in [0, 0.05) is 21.4 Å². The highest BCUT2D eigenvalue weighted by atomic mass is 79.9. The van der Waals surface area contributed by atoms with Gasteiger partial charge in [-0.2, -0.15) is 5.26 Å². The number of halogens is 2. The number of nitrogens with zero attached hydrogens (tertiary/aromatic N) is 1. The van der Waals surface area contributed by atoms with Gasteiger partial charge in [0.2, 0.25) is 0 Å². The smallest absolute Gasteiger partial charge is 0.267 e. The maximum Gasteiger partial charge on any atom is 0.267 e. The van der Waals surface area contributed by atoms with Crippen LogP contribution in [0.3, 0.4) is 0 Å². The van der Waals surface area contributed by atoms with E-state index >= 15 is 0 Å². The van der Waals surface area contributed by atoms with Crippen LogP contribution < -0.4 is 15.4 Å². The molecule has 2 aromatic rings. The largest absolute Gasteiger partial charge is 0.495 e. The third kappa shape index (κ3) is 4.75. The van der Waals surface area contributed by atoms with Crippen LogP contribution in [0.4, 0.5) is 11.4 Å². The van der Waals surface area contributed by atoms with E-state index in [0.29, 0.717) is 16.5 Å². The summed E-state index contributed by atoms with van der Waals surface area (Å²) in [5.74, 6) is -0.120. The lowest BCUT2D eigenvalue weighted by molar-refractivity contribution is -0.112. The summed E-state index contributed by atoms with van der Waals surface area (Å²) in [5.41, 5.74) is 1.04. The Bertz CT molecular complexity index is 831. The fraction of sp³-hybridized carbons (Fsp3) is 0.0588. The predicted molar refractivity (Wildman–Crippen MR) is 98.1 cm³/mol. The average molecular weight is 407 g/mol. The second-order valence-electron chi connectivity index (χ2n) is 4.62. The highest BCUT2D eigenvalue weighted by Crippen LogP contribution is 2.28. The Balaban J connectivity index is 2.16. The van der Waals surface area contributed by atoms with Gasteiger partial charge in [-0.05, 0) is 36.4 Å². The van der Waals surface area contributed by atoms with Gasteiger partial charge in [0.25, 0.3) is 5.91 Å². The van der Waals surface area contributed by atoms with Crippen molar-refractivity contribution >= 4 is 44.8 Å². The van der Waals surface area contributed by atoms with Crippen molar-refractivity contribution in [3.8, 4) is 11.8 Å². The predicted octanol–water partition coefficient (Wildman–Crippen LogP) is 4.57. The molecule has 0 heterocycles. The maximum atomic E-state index is 12.3. The second kappa shape index (κ2) is 8.39. The van der Waals surface area contributed by atoms with Gasteiger partial charge < -0.3 is 15.4 Å². The van der Waals surface area contributed by atoms with Crippen molar-refractivity contribution in [2.45, 2.75) is 0 Å². The van der Waals surface area contributed by atoms with E-state index in [0.717, 1.165) is 10.2 Å². The molecule has 7 heteroatoms. The Kier molecular flexibility index (Phi) is 6.24. The number of benzene rings is 2. The summed E-state index contributed by atoms with van der Waals surface area (Å²) in [6.07, 6.45) is 1.34. The lowest BCUT2D eigenvalue weighted by Gasteiger charge is -2.10. The summed E-state index contributed by atoms with van der Waals surface area (Å²) >= 11 is 9.27. The number of rotatable bonds is 5. The molecule has 0 aliphatic rings. The average Bonchev–Trinajstić information content (AvgIpc) is 2.55. The number of nitriles is 1. The minimum Gasteiger partial charge on any atom is -0.495 e. The molecule has 5 nitrogen and oxygen atoms in total. The molecule has 0 saturated carbocycles. The first kappa shape index (κ1) is 17.9. The van der Waals surface area contributed by atoms with Gasteiger partial charge in [-0.3, -0.25) is 4.79 Å². The number of amides is 1. The molecule has 2 aromatic carbocycles. The van der Waals surface area contributed by atoms with E-state index in [2.05, 4.69) is 26.6 Å². The van der Waals surface area contributed by atoms with E-state index in [-0.39, 0.29) is 5.57 Å².